The number of imide groups is 1. The molecule has 200 valence electrons. The molecule has 1 aromatic rings. The first kappa shape index (κ1) is 26.6. The molecule has 1 saturated heterocycles. The highest BCUT2D eigenvalue weighted by Gasteiger charge is 2.39. The molecular weight excluding hydrogens is 476 g/mol. The molecule has 10 nitrogen and oxygen atoms in total. The number of amides is 5. The third-order valence-electron chi connectivity index (χ3n) is 7.15. The number of alkyl carbamates (subject to hydrolysis) is 1. The van der Waals surface area contributed by atoms with Gasteiger partial charge in [-0.15, -0.1) is 0 Å². The summed E-state index contributed by atoms with van der Waals surface area (Å²) in [4.78, 5) is 63.3. The van der Waals surface area contributed by atoms with Gasteiger partial charge in [0.2, 0.25) is 17.7 Å². The number of rotatable bonds is 7. The van der Waals surface area contributed by atoms with E-state index in [1.165, 1.54) is 4.90 Å². The summed E-state index contributed by atoms with van der Waals surface area (Å²) in [5.74, 6) is -0.924. The number of nitrogens with one attached hydrogen (secondary N) is 3. The van der Waals surface area contributed by atoms with Gasteiger partial charge in [0.15, 0.2) is 0 Å². The first-order valence-electron chi connectivity index (χ1n) is 13.0. The van der Waals surface area contributed by atoms with Crippen molar-refractivity contribution in [2.24, 2.45) is 5.92 Å². The summed E-state index contributed by atoms with van der Waals surface area (Å²) in [6, 6.07) is 4.42. The SMILES string of the molecule is CC(C)(C)OC(=O)NC(CC(=O)NCc1ccc2c(c1)CN(C1CCC(=O)NC1=O)C2=O)C1CCCC1. The molecule has 4 rings (SSSR count). The zero-order valence-electron chi connectivity index (χ0n) is 21.7. The van der Waals surface area contributed by atoms with Crippen molar-refractivity contribution < 1.29 is 28.7 Å². The number of carbonyl (C=O) groups excluding carboxylic acids is 5. The van der Waals surface area contributed by atoms with Crippen molar-refractivity contribution in [3.8, 4) is 0 Å². The maximum atomic E-state index is 12.9. The maximum absolute atomic E-state index is 12.9. The lowest BCUT2D eigenvalue weighted by Crippen LogP contribution is -2.52. The fourth-order valence-electron chi connectivity index (χ4n) is 5.36. The molecule has 10 heteroatoms. The number of benzene rings is 1. The van der Waals surface area contributed by atoms with Gasteiger partial charge in [-0.2, -0.15) is 0 Å². The Hall–Kier alpha value is -3.43. The summed E-state index contributed by atoms with van der Waals surface area (Å²) < 4.78 is 5.40. The largest absolute Gasteiger partial charge is 0.444 e. The molecule has 5 amide bonds. The van der Waals surface area contributed by atoms with Gasteiger partial charge in [0.25, 0.3) is 5.91 Å². The summed E-state index contributed by atoms with van der Waals surface area (Å²) in [5.41, 5.74) is 1.54. The summed E-state index contributed by atoms with van der Waals surface area (Å²) in [6.45, 7) is 5.97. The first-order chi connectivity index (χ1) is 17.5. The second-order valence-electron chi connectivity index (χ2n) is 11.2. The van der Waals surface area contributed by atoms with Gasteiger partial charge in [0.1, 0.15) is 11.6 Å². The Morgan fingerprint density at radius 3 is 2.54 bits per heavy atom. The molecule has 0 aromatic heterocycles. The minimum Gasteiger partial charge on any atom is -0.444 e. The lowest BCUT2D eigenvalue weighted by Gasteiger charge is -2.29. The van der Waals surface area contributed by atoms with E-state index in [0.29, 0.717) is 12.0 Å². The van der Waals surface area contributed by atoms with Crippen molar-refractivity contribution in [1.82, 2.24) is 20.9 Å². The second kappa shape index (κ2) is 10.9. The van der Waals surface area contributed by atoms with Crippen LogP contribution in [0.3, 0.4) is 0 Å². The maximum Gasteiger partial charge on any atom is 0.407 e. The van der Waals surface area contributed by atoms with E-state index >= 15 is 0 Å². The quantitative estimate of drug-likeness (QED) is 0.481. The third-order valence-corrected chi connectivity index (χ3v) is 7.15. The van der Waals surface area contributed by atoms with Crippen LogP contribution in [-0.2, 0) is 32.2 Å². The van der Waals surface area contributed by atoms with Gasteiger partial charge in [-0.25, -0.2) is 4.79 Å². The average Bonchev–Trinajstić information content (AvgIpc) is 3.45. The molecule has 0 spiro atoms. The third kappa shape index (κ3) is 6.67. The van der Waals surface area contributed by atoms with Crippen LogP contribution >= 0.6 is 0 Å². The van der Waals surface area contributed by atoms with Gasteiger partial charge in [-0.3, -0.25) is 24.5 Å². The zero-order valence-corrected chi connectivity index (χ0v) is 21.7. The lowest BCUT2D eigenvalue weighted by molar-refractivity contribution is -0.137. The highest BCUT2D eigenvalue weighted by molar-refractivity contribution is 6.05. The number of hydrogen-bond donors (Lipinski definition) is 3. The van der Waals surface area contributed by atoms with Crippen LogP contribution in [0.1, 0.15) is 87.2 Å². The lowest BCUT2D eigenvalue weighted by atomic mass is 9.95. The van der Waals surface area contributed by atoms with Crippen LogP contribution in [0.15, 0.2) is 18.2 Å². The van der Waals surface area contributed by atoms with Crippen LogP contribution < -0.4 is 16.0 Å². The van der Waals surface area contributed by atoms with E-state index in [4.69, 9.17) is 4.74 Å². The van der Waals surface area contributed by atoms with E-state index in [0.717, 1.165) is 36.8 Å². The number of nitrogens with zero attached hydrogens (tertiary/aromatic N) is 1. The summed E-state index contributed by atoms with van der Waals surface area (Å²) in [5, 5.41) is 8.14. The highest BCUT2D eigenvalue weighted by atomic mass is 16.6. The minimum atomic E-state index is -0.661. The van der Waals surface area contributed by atoms with Crippen molar-refractivity contribution in [2.75, 3.05) is 0 Å². The standard InChI is InChI=1S/C27H36N4O6/c1-27(2,3)37-26(36)29-20(17-6-4-5-7-17)13-23(33)28-14-16-8-9-19-18(12-16)15-31(25(19)35)21-10-11-22(32)30-24(21)34/h8-9,12,17,20-21H,4-7,10-11,13-15H2,1-3H3,(H,28,33)(H,29,36)(H,30,32,34). The Balaban J connectivity index is 1.34. The van der Waals surface area contributed by atoms with E-state index in [2.05, 4.69) is 16.0 Å². The van der Waals surface area contributed by atoms with Gasteiger partial charge in [-0.1, -0.05) is 25.0 Å². The van der Waals surface area contributed by atoms with Crippen LogP contribution in [0.5, 0.6) is 0 Å². The molecule has 0 bridgehead atoms. The summed E-state index contributed by atoms with van der Waals surface area (Å²) in [6.07, 6.45) is 4.28. The topological polar surface area (TPSA) is 134 Å². The highest BCUT2D eigenvalue weighted by Crippen LogP contribution is 2.30. The first-order valence-corrected chi connectivity index (χ1v) is 13.0. The Morgan fingerprint density at radius 2 is 1.86 bits per heavy atom. The summed E-state index contributed by atoms with van der Waals surface area (Å²) >= 11 is 0. The van der Waals surface area contributed by atoms with Crippen LogP contribution in [-0.4, -0.2) is 52.3 Å². The fraction of sp³-hybridized carbons (Fsp3) is 0.593. The molecule has 1 saturated carbocycles. The molecule has 2 unspecified atom stereocenters. The normalized spacial score (nSPS) is 20.9. The van der Waals surface area contributed by atoms with E-state index in [1.54, 1.807) is 32.9 Å². The Labute approximate surface area is 216 Å². The Kier molecular flexibility index (Phi) is 7.85. The van der Waals surface area contributed by atoms with E-state index in [9.17, 15) is 24.0 Å². The molecule has 2 aliphatic heterocycles. The van der Waals surface area contributed by atoms with Crippen molar-refractivity contribution in [3.63, 3.8) is 0 Å². The average molecular weight is 513 g/mol. The molecule has 2 fully saturated rings. The van der Waals surface area contributed by atoms with Crippen LogP contribution in [0.2, 0.25) is 0 Å². The smallest absolute Gasteiger partial charge is 0.407 e. The zero-order chi connectivity index (χ0) is 26.7. The van der Waals surface area contributed by atoms with Gasteiger partial charge < -0.3 is 20.3 Å². The summed E-state index contributed by atoms with van der Waals surface area (Å²) in [7, 11) is 0. The van der Waals surface area contributed by atoms with E-state index in [-0.39, 0.29) is 55.6 Å². The van der Waals surface area contributed by atoms with E-state index in [1.807, 2.05) is 6.07 Å². The molecule has 3 aliphatic rings. The van der Waals surface area contributed by atoms with Gasteiger partial charge >= 0.3 is 6.09 Å². The molecule has 1 aromatic carbocycles. The molecule has 3 N–H and O–H groups in total. The molecule has 0 radical (unpaired) electrons. The van der Waals surface area contributed by atoms with E-state index < -0.39 is 23.6 Å². The number of carbonyl (C=O) groups is 5. The fourth-order valence-corrected chi connectivity index (χ4v) is 5.36. The Morgan fingerprint density at radius 1 is 1.14 bits per heavy atom. The molecule has 1 aliphatic carbocycles. The number of hydrogen-bond acceptors (Lipinski definition) is 6. The van der Waals surface area contributed by atoms with Crippen LogP contribution in [0, 0.1) is 5.92 Å². The van der Waals surface area contributed by atoms with Crippen molar-refractivity contribution in [2.45, 2.75) is 96.5 Å². The number of ether oxygens (including phenoxy) is 1. The predicted octanol–water partition coefficient (Wildman–Crippen LogP) is 2.54. The Bertz CT molecular complexity index is 1090. The van der Waals surface area contributed by atoms with Crippen molar-refractivity contribution in [3.05, 3.63) is 34.9 Å². The van der Waals surface area contributed by atoms with Crippen molar-refractivity contribution in [1.29, 1.82) is 0 Å². The second-order valence-corrected chi connectivity index (χ2v) is 11.2. The van der Waals surface area contributed by atoms with Gasteiger partial charge in [0, 0.05) is 37.5 Å². The molecule has 2 heterocycles. The van der Waals surface area contributed by atoms with Crippen molar-refractivity contribution >= 4 is 29.7 Å². The monoisotopic (exact) mass is 512 g/mol. The van der Waals surface area contributed by atoms with Crippen LogP contribution in [0.4, 0.5) is 4.79 Å². The molecule has 2 atom stereocenters. The number of fused-ring (bicyclic) bond motifs is 1. The predicted molar refractivity (Wildman–Crippen MR) is 134 cm³/mol. The minimum absolute atomic E-state index is 0.163. The molecular formula is C27H36N4O6. The number of piperidine rings is 1. The van der Waals surface area contributed by atoms with Gasteiger partial charge in [0.05, 0.1) is 0 Å². The van der Waals surface area contributed by atoms with Crippen LogP contribution in [0.25, 0.3) is 0 Å². The molecule has 37 heavy (non-hydrogen) atoms. The van der Waals surface area contributed by atoms with Gasteiger partial charge in [-0.05, 0) is 63.1 Å².